The molecule has 3 aromatic carbocycles. The van der Waals surface area contributed by atoms with E-state index in [1.165, 1.54) is 37.5 Å². The Labute approximate surface area is 171 Å². The summed E-state index contributed by atoms with van der Waals surface area (Å²) in [7, 11) is 1.50. The lowest BCUT2D eigenvalue weighted by Gasteiger charge is -2.26. The number of imide groups is 2. The van der Waals surface area contributed by atoms with E-state index < -0.39 is 23.7 Å². The van der Waals surface area contributed by atoms with Gasteiger partial charge in [0.2, 0.25) is 0 Å². The number of barbiturate groups is 1. The number of carbonyl (C=O) groups is 3. The number of urea groups is 1. The summed E-state index contributed by atoms with van der Waals surface area (Å²) < 4.78 is 18.6. The van der Waals surface area contributed by atoms with Crippen molar-refractivity contribution in [3.8, 4) is 5.75 Å². The first-order valence-electron chi connectivity index (χ1n) is 9.17. The summed E-state index contributed by atoms with van der Waals surface area (Å²) in [6.07, 6.45) is 1.43. The minimum Gasteiger partial charge on any atom is -0.496 e. The molecule has 0 atom stereocenters. The van der Waals surface area contributed by atoms with E-state index in [4.69, 9.17) is 4.74 Å². The maximum Gasteiger partial charge on any atom is 0.331 e. The summed E-state index contributed by atoms with van der Waals surface area (Å²) in [5.74, 6) is -1.45. The number of rotatable bonds is 4. The fraction of sp³-hybridized carbons (Fsp3) is 0.0870. The second-order valence-corrected chi connectivity index (χ2v) is 6.74. The molecule has 1 aliphatic heterocycles. The largest absolute Gasteiger partial charge is 0.496 e. The summed E-state index contributed by atoms with van der Waals surface area (Å²) >= 11 is 0. The van der Waals surface area contributed by atoms with Crippen LogP contribution in [-0.4, -0.2) is 29.9 Å². The predicted molar refractivity (Wildman–Crippen MR) is 109 cm³/mol. The van der Waals surface area contributed by atoms with Crippen LogP contribution in [0, 0.1) is 5.82 Å². The molecule has 7 heteroatoms. The van der Waals surface area contributed by atoms with Crippen LogP contribution in [0.1, 0.15) is 11.1 Å². The molecule has 6 nitrogen and oxygen atoms in total. The second kappa shape index (κ2) is 7.79. The Morgan fingerprint density at radius 3 is 2.47 bits per heavy atom. The molecule has 0 unspecified atom stereocenters. The third-order valence-electron chi connectivity index (χ3n) is 4.88. The van der Waals surface area contributed by atoms with Gasteiger partial charge in [-0.15, -0.1) is 0 Å². The number of hydrogen-bond acceptors (Lipinski definition) is 4. The first kappa shape index (κ1) is 19.3. The molecule has 3 aromatic rings. The first-order valence-corrected chi connectivity index (χ1v) is 9.17. The van der Waals surface area contributed by atoms with Crippen LogP contribution < -0.4 is 10.1 Å². The Kier molecular flexibility index (Phi) is 5.02. The lowest BCUT2D eigenvalue weighted by Crippen LogP contribution is -2.53. The molecule has 0 aromatic heterocycles. The van der Waals surface area contributed by atoms with E-state index in [1.807, 2.05) is 30.3 Å². The van der Waals surface area contributed by atoms with Crippen molar-refractivity contribution in [2.45, 2.75) is 6.54 Å². The van der Waals surface area contributed by atoms with Crippen molar-refractivity contribution >= 4 is 34.7 Å². The number of benzene rings is 3. The van der Waals surface area contributed by atoms with E-state index in [1.54, 1.807) is 6.07 Å². The molecule has 1 saturated heterocycles. The van der Waals surface area contributed by atoms with E-state index in [9.17, 15) is 18.8 Å². The maximum atomic E-state index is 13.1. The average Bonchev–Trinajstić information content (AvgIpc) is 2.75. The zero-order valence-corrected chi connectivity index (χ0v) is 16.0. The predicted octanol–water partition coefficient (Wildman–Crippen LogP) is 3.65. The van der Waals surface area contributed by atoms with E-state index in [0.717, 1.165) is 15.7 Å². The Morgan fingerprint density at radius 2 is 1.73 bits per heavy atom. The monoisotopic (exact) mass is 404 g/mol. The molecule has 4 amide bonds. The molecule has 1 heterocycles. The van der Waals surface area contributed by atoms with Crippen molar-refractivity contribution in [3.63, 3.8) is 0 Å². The number of halogens is 1. The average molecular weight is 404 g/mol. The standard InChI is InChI=1S/C23H17FN2O4/c1-30-20-11-8-15-4-2-3-5-17(15)18(20)12-19-21(27)25-23(29)26(22(19)28)13-14-6-9-16(24)10-7-14/h2-12H,13H2,1H3,(H,25,27,29). The van der Waals surface area contributed by atoms with Crippen LogP contribution >= 0.6 is 0 Å². The topological polar surface area (TPSA) is 75.7 Å². The van der Waals surface area contributed by atoms with E-state index in [0.29, 0.717) is 16.9 Å². The van der Waals surface area contributed by atoms with Gasteiger partial charge >= 0.3 is 6.03 Å². The maximum absolute atomic E-state index is 13.1. The van der Waals surface area contributed by atoms with Gasteiger partial charge in [0.05, 0.1) is 13.7 Å². The molecule has 1 fully saturated rings. The third kappa shape index (κ3) is 3.53. The van der Waals surface area contributed by atoms with Gasteiger partial charge in [-0.1, -0.05) is 42.5 Å². The molecular weight excluding hydrogens is 387 g/mol. The molecule has 0 saturated carbocycles. The van der Waals surface area contributed by atoms with Crippen LogP contribution in [0.5, 0.6) is 5.75 Å². The van der Waals surface area contributed by atoms with Gasteiger partial charge in [-0.3, -0.25) is 19.8 Å². The lowest BCUT2D eigenvalue weighted by molar-refractivity contribution is -0.130. The highest BCUT2D eigenvalue weighted by molar-refractivity contribution is 6.31. The van der Waals surface area contributed by atoms with Crippen LogP contribution in [0.3, 0.4) is 0 Å². The van der Waals surface area contributed by atoms with Gasteiger partial charge in [-0.05, 0) is 40.6 Å². The van der Waals surface area contributed by atoms with Gasteiger partial charge in [0.25, 0.3) is 11.8 Å². The smallest absolute Gasteiger partial charge is 0.331 e. The number of amides is 4. The fourth-order valence-electron chi connectivity index (χ4n) is 3.36. The number of methoxy groups -OCH3 is 1. The van der Waals surface area contributed by atoms with Gasteiger partial charge < -0.3 is 4.74 Å². The highest BCUT2D eigenvalue weighted by Gasteiger charge is 2.36. The highest BCUT2D eigenvalue weighted by Crippen LogP contribution is 2.31. The molecule has 30 heavy (non-hydrogen) atoms. The summed E-state index contributed by atoms with van der Waals surface area (Å²) in [4.78, 5) is 38.7. The molecule has 0 aliphatic carbocycles. The molecule has 0 bridgehead atoms. The molecule has 0 spiro atoms. The molecule has 1 N–H and O–H groups in total. The number of fused-ring (bicyclic) bond motifs is 1. The van der Waals surface area contributed by atoms with Crippen LogP contribution in [0.2, 0.25) is 0 Å². The van der Waals surface area contributed by atoms with Crippen LogP contribution in [0.4, 0.5) is 9.18 Å². The number of ether oxygens (including phenoxy) is 1. The Bertz CT molecular complexity index is 1200. The van der Waals surface area contributed by atoms with Crippen molar-refractivity contribution in [1.82, 2.24) is 10.2 Å². The Morgan fingerprint density at radius 1 is 1.00 bits per heavy atom. The fourth-order valence-corrected chi connectivity index (χ4v) is 3.36. The molecule has 1 aliphatic rings. The van der Waals surface area contributed by atoms with Gasteiger partial charge in [-0.25, -0.2) is 9.18 Å². The quantitative estimate of drug-likeness (QED) is 0.532. The van der Waals surface area contributed by atoms with Crippen molar-refractivity contribution in [2.75, 3.05) is 7.11 Å². The summed E-state index contributed by atoms with van der Waals surface area (Å²) in [5.41, 5.74) is 0.924. The van der Waals surface area contributed by atoms with Gasteiger partial charge in [-0.2, -0.15) is 0 Å². The SMILES string of the molecule is COc1ccc2ccccc2c1C=C1C(=O)NC(=O)N(Cc2ccc(F)cc2)C1=O. The zero-order valence-electron chi connectivity index (χ0n) is 16.0. The Balaban J connectivity index is 1.76. The number of carbonyl (C=O) groups excluding carboxylic acids is 3. The van der Waals surface area contributed by atoms with Gasteiger partial charge in [0.1, 0.15) is 17.1 Å². The minimum atomic E-state index is -0.823. The zero-order chi connectivity index (χ0) is 21.3. The normalized spacial score (nSPS) is 15.6. The summed E-state index contributed by atoms with van der Waals surface area (Å²) in [6.45, 7) is -0.0950. The van der Waals surface area contributed by atoms with Crippen molar-refractivity contribution < 1.29 is 23.5 Å². The van der Waals surface area contributed by atoms with E-state index in [2.05, 4.69) is 5.32 Å². The van der Waals surface area contributed by atoms with Crippen molar-refractivity contribution in [1.29, 1.82) is 0 Å². The van der Waals surface area contributed by atoms with E-state index in [-0.39, 0.29) is 12.1 Å². The third-order valence-corrected chi connectivity index (χ3v) is 4.88. The summed E-state index contributed by atoms with van der Waals surface area (Å²) in [5, 5.41) is 3.90. The lowest BCUT2D eigenvalue weighted by atomic mass is 9.99. The first-order chi connectivity index (χ1) is 14.5. The number of hydrogen-bond donors (Lipinski definition) is 1. The van der Waals surface area contributed by atoms with Crippen LogP contribution in [0.25, 0.3) is 16.8 Å². The minimum absolute atomic E-state index is 0.0950. The summed E-state index contributed by atoms with van der Waals surface area (Å²) in [6, 6.07) is 15.7. The molecule has 4 rings (SSSR count). The highest BCUT2D eigenvalue weighted by atomic mass is 19.1. The van der Waals surface area contributed by atoms with Crippen molar-refractivity contribution in [3.05, 3.63) is 83.2 Å². The molecular formula is C23H17FN2O4. The van der Waals surface area contributed by atoms with Crippen LogP contribution in [0.15, 0.2) is 66.2 Å². The van der Waals surface area contributed by atoms with Gasteiger partial charge in [0.15, 0.2) is 0 Å². The van der Waals surface area contributed by atoms with Crippen LogP contribution in [-0.2, 0) is 16.1 Å². The number of nitrogens with zero attached hydrogens (tertiary/aromatic N) is 1. The Hall–Kier alpha value is -4.00. The second-order valence-electron chi connectivity index (χ2n) is 6.74. The van der Waals surface area contributed by atoms with Crippen molar-refractivity contribution in [2.24, 2.45) is 0 Å². The molecule has 0 radical (unpaired) electrons. The molecule has 150 valence electrons. The van der Waals surface area contributed by atoms with Gasteiger partial charge in [0, 0.05) is 5.56 Å². The van der Waals surface area contributed by atoms with E-state index >= 15 is 0 Å². The number of nitrogens with one attached hydrogen (secondary N) is 1.